The van der Waals surface area contributed by atoms with Gasteiger partial charge in [-0.3, -0.25) is 0 Å². The second-order valence-corrected chi connectivity index (χ2v) is 7.60. The smallest absolute Gasteiger partial charge is 0.119 e. The molecule has 2 unspecified atom stereocenters. The van der Waals surface area contributed by atoms with Crippen molar-refractivity contribution in [3.63, 3.8) is 0 Å². The molecule has 0 heterocycles. The predicted octanol–water partition coefficient (Wildman–Crippen LogP) is 5.30. The Morgan fingerprint density at radius 2 is 1.73 bits per heavy atom. The van der Waals surface area contributed by atoms with Gasteiger partial charge in [-0.2, -0.15) is 0 Å². The standard InChI is InChI=1S/C21H24O/c1-12-8-14-9-18-16-7-6-15(22-5)10-19(16)21(3,4)20(18)11-17(14)13(12)2/h6-7,9-13H,8H2,1-5H3. The highest BCUT2D eigenvalue weighted by Gasteiger charge is 2.38. The van der Waals surface area contributed by atoms with Crippen LogP contribution >= 0.6 is 0 Å². The van der Waals surface area contributed by atoms with Crippen molar-refractivity contribution in [1.82, 2.24) is 0 Å². The molecule has 0 spiro atoms. The Kier molecular flexibility index (Phi) is 2.76. The van der Waals surface area contributed by atoms with Crippen LogP contribution in [0.1, 0.15) is 55.9 Å². The van der Waals surface area contributed by atoms with Gasteiger partial charge in [0.1, 0.15) is 5.75 Å². The molecule has 2 aromatic rings. The van der Waals surface area contributed by atoms with Crippen molar-refractivity contribution in [3.05, 3.63) is 52.6 Å². The average molecular weight is 292 g/mol. The number of hydrogen-bond donors (Lipinski definition) is 0. The molecule has 0 amide bonds. The highest BCUT2D eigenvalue weighted by Crippen LogP contribution is 2.52. The van der Waals surface area contributed by atoms with E-state index in [9.17, 15) is 0 Å². The van der Waals surface area contributed by atoms with Crippen LogP contribution < -0.4 is 4.74 Å². The molecule has 0 aliphatic heterocycles. The predicted molar refractivity (Wildman–Crippen MR) is 91.8 cm³/mol. The van der Waals surface area contributed by atoms with Gasteiger partial charge in [0, 0.05) is 5.41 Å². The van der Waals surface area contributed by atoms with Crippen LogP contribution in [0.2, 0.25) is 0 Å². The Hall–Kier alpha value is -1.76. The van der Waals surface area contributed by atoms with Crippen molar-refractivity contribution in [1.29, 1.82) is 0 Å². The number of rotatable bonds is 1. The lowest BCUT2D eigenvalue weighted by Gasteiger charge is -2.23. The zero-order valence-electron chi connectivity index (χ0n) is 14.2. The first-order chi connectivity index (χ1) is 10.4. The molecule has 2 aliphatic rings. The molecule has 0 bridgehead atoms. The van der Waals surface area contributed by atoms with E-state index in [4.69, 9.17) is 4.74 Å². The molecular weight excluding hydrogens is 268 g/mol. The molecule has 4 rings (SSSR count). The molecule has 1 heteroatoms. The number of benzene rings is 2. The van der Waals surface area contributed by atoms with E-state index in [1.807, 2.05) is 0 Å². The number of ether oxygens (including phenoxy) is 1. The number of methoxy groups -OCH3 is 1. The number of fused-ring (bicyclic) bond motifs is 4. The van der Waals surface area contributed by atoms with Crippen LogP contribution in [0.25, 0.3) is 11.1 Å². The van der Waals surface area contributed by atoms with Gasteiger partial charge in [-0.25, -0.2) is 0 Å². The second kappa shape index (κ2) is 4.38. The van der Waals surface area contributed by atoms with Crippen molar-refractivity contribution in [3.8, 4) is 16.9 Å². The van der Waals surface area contributed by atoms with Crippen LogP contribution in [0.4, 0.5) is 0 Å². The maximum Gasteiger partial charge on any atom is 0.119 e. The van der Waals surface area contributed by atoms with E-state index in [1.54, 1.807) is 18.2 Å². The van der Waals surface area contributed by atoms with E-state index in [0.717, 1.165) is 11.7 Å². The van der Waals surface area contributed by atoms with Crippen LogP contribution in [0, 0.1) is 5.92 Å². The zero-order chi connectivity index (χ0) is 15.6. The van der Waals surface area contributed by atoms with Crippen LogP contribution in [0.15, 0.2) is 30.3 Å². The van der Waals surface area contributed by atoms with Gasteiger partial charge < -0.3 is 4.74 Å². The maximum absolute atomic E-state index is 5.44. The lowest BCUT2D eigenvalue weighted by atomic mass is 9.81. The summed E-state index contributed by atoms with van der Waals surface area (Å²) < 4.78 is 5.44. The molecule has 114 valence electrons. The Morgan fingerprint density at radius 1 is 1.00 bits per heavy atom. The van der Waals surface area contributed by atoms with Gasteiger partial charge in [0.15, 0.2) is 0 Å². The summed E-state index contributed by atoms with van der Waals surface area (Å²) in [4.78, 5) is 0. The third-order valence-corrected chi connectivity index (χ3v) is 6.03. The van der Waals surface area contributed by atoms with Crippen LogP contribution in [-0.4, -0.2) is 7.11 Å². The molecule has 2 atom stereocenters. The highest BCUT2D eigenvalue weighted by atomic mass is 16.5. The van der Waals surface area contributed by atoms with Crippen molar-refractivity contribution >= 4 is 0 Å². The number of hydrogen-bond acceptors (Lipinski definition) is 1. The summed E-state index contributed by atoms with van der Waals surface area (Å²) in [6.07, 6.45) is 1.22. The molecule has 0 saturated carbocycles. The summed E-state index contributed by atoms with van der Waals surface area (Å²) in [5.74, 6) is 2.39. The van der Waals surface area contributed by atoms with Gasteiger partial charge in [-0.05, 0) is 63.8 Å². The first-order valence-electron chi connectivity index (χ1n) is 8.29. The summed E-state index contributed by atoms with van der Waals surface area (Å²) in [5.41, 5.74) is 8.87. The molecule has 0 aromatic heterocycles. The minimum absolute atomic E-state index is 0.0553. The Balaban J connectivity index is 1.96. The summed E-state index contributed by atoms with van der Waals surface area (Å²) >= 11 is 0. The van der Waals surface area contributed by atoms with Gasteiger partial charge in [0.25, 0.3) is 0 Å². The third-order valence-electron chi connectivity index (χ3n) is 6.03. The van der Waals surface area contributed by atoms with Crippen LogP contribution in [0.5, 0.6) is 5.75 Å². The summed E-state index contributed by atoms with van der Waals surface area (Å²) in [6, 6.07) is 11.5. The van der Waals surface area contributed by atoms with E-state index in [2.05, 4.69) is 58.0 Å². The fourth-order valence-electron chi connectivity index (χ4n) is 4.38. The van der Waals surface area contributed by atoms with Gasteiger partial charge in [-0.15, -0.1) is 0 Å². The lowest BCUT2D eigenvalue weighted by molar-refractivity contribution is 0.413. The van der Waals surface area contributed by atoms with Crippen LogP contribution in [-0.2, 0) is 11.8 Å². The van der Waals surface area contributed by atoms with E-state index >= 15 is 0 Å². The van der Waals surface area contributed by atoms with Crippen molar-refractivity contribution in [2.24, 2.45) is 5.92 Å². The first kappa shape index (κ1) is 13.9. The van der Waals surface area contributed by atoms with Crippen molar-refractivity contribution < 1.29 is 4.74 Å². The molecule has 1 nitrogen and oxygen atoms in total. The molecule has 2 aromatic carbocycles. The van der Waals surface area contributed by atoms with Gasteiger partial charge in [0.2, 0.25) is 0 Å². The van der Waals surface area contributed by atoms with E-state index in [-0.39, 0.29) is 5.41 Å². The average Bonchev–Trinajstić information content (AvgIpc) is 2.90. The van der Waals surface area contributed by atoms with E-state index in [1.165, 1.54) is 28.7 Å². The fourth-order valence-corrected chi connectivity index (χ4v) is 4.38. The SMILES string of the molecule is COc1ccc2c(c1)C(C)(C)c1cc3c(cc1-2)CC(C)C3C. The molecule has 22 heavy (non-hydrogen) atoms. The quantitative estimate of drug-likeness (QED) is 0.693. The molecule has 0 saturated heterocycles. The largest absolute Gasteiger partial charge is 0.497 e. The third kappa shape index (κ3) is 1.65. The molecule has 0 N–H and O–H groups in total. The highest BCUT2D eigenvalue weighted by molar-refractivity contribution is 5.82. The van der Waals surface area contributed by atoms with E-state index in [0.29, 0.717) is 5.92 Å². The van der Waals surface area contributed by atoms with Crippen molar-refractivity contribution in [2.75, 3.05) is 7.11 Å². The zero-order valence-corrected chi connectivity index (χ0v) is 14.2. The minimum atomic E-state index is 0.0553. The minimum Gasteiger partial charge on any atom is -0.497 e. The molecular formula is C21H24O. The summed E-state index contributed by atoms with van der Waals surface area (Å²) in [5, 5.41) is 0. The second-order valence-electron chi connectivity index (χ2n) is 7.60. The maximum atomic E-state index is 5.44. The molecule has 2 aliphatic carbocycles. The van der Waals surface area contributed by atoms with Crippen molar-refractivity contribution in [2.45, 2.75) is 45.4 Å². The molecule has 0 fully saturated rings. The Morgan fingerprint density at radius 3 is 2.45 bits per heavy atom. The topological polar surface area (TPSA) is 9.23 Å². The Labute approximate surface area is 133 Å². The monoisotopic (exact) mass is 292 g/mol. The Bertz CT molecular complexity index is 770. The van der Waals surface area contributed by atoms with E-state index < -0.39 is 0 Å². The summed E-state index contributed by atoms with van der Waals surface area (Å²) in [6.45, 7) is 9.43. The molecule has 0 radical (unpaired) electrons. The van der Waals surface area contributed by atoms with Gasteiger partial charge in [-0.1, -0.05) is 45.9 Å². The normalized spacial score (nSPS) is 23.9. The lowest BCUT2D eigenvalue weighted by Crippen LogP contribution is -2.15. The summed E-state index contributed by atoms with van der Waals surface area (Å²) in [7, 11) is 1.74. The van der Waals surface area contributed by atoms with Gasteiger partial charge >= 0.3 is 0 Å². The van der Waals surface area contributed by atoms with Crippen LogP contribution in [0.3, 0.4) is 0 Å². The fraction of sp³-hybridized carbons (Fsp3) is 0.429. The first-order valence-corrected chi connectivity index (χ1v) is 8.29. The van der Waals surface area contributed by atoms with Gasteiger partial charge in [0.05, 0.1) is 7.11 Å².